The summed E-state index contributed by atoms with van der Waals surface area (Å²) in [7, 11) is 0. The lowest BCUT2D eigenvalue weighted by Crippen LogP contribution is -2.48. The van der Waals surface area contributed by atoms with E-state index >= 15 is 0 Å². The molecule has 3 N–H and O–H groups in total. The molecular weight excluding hydrogens is 278 g/mol. The third kappa shape index (κ3) is 4.84. The Morgan fingerprint density at radius 2 is 2.09 bits per heavy atom. The largest absolute Gasteiger partial charge is 0.347 e. The van der Waals surface area contributed by atoms with E-state index in [1.54, 1.807) is 0 Å². The van der Waals surface area contributed by atoms with Crippen LogP contribution in [0.5, 0.6) is 0 Å². The highest BCUT2D eigenvalue weighted by atomic mass is 16.2. The van der Waals surface area contributed by atoms with E-state index in [-0.39, 0.29) is 24.4 Å². The summed E-state index contributed by atoms with van der Waals surface area (Å²) in [6.45, 7) is 3.51. The van der Waals surface area contributed by atoms with Crippen molar-refractivity contribution in [1.82, 2.24) is 10.2 Å². The highest BCUT2D eigenvalue weighted by molar-refractivity contribution is 5.85. The van der Waals surface area contributed by atoms with Gasteiger partial charge in [0.25, 0.3) is 0 Å². The number of piperidine rings is 1. The topological polar surface area (TPSA) is 75.4 Å². The summed E-state index contributed by atoms with van der Waals surface area (Å²) in [4.78, 5) is 25.9. The summed E-state index contributed by atoms with van der Waals surface area (Å²) in [5.41, 5.74) is 6.88. The van der Waals surface area contributed by atoms with Crippen molar-refractivity contribution >= 4 is 11.8 Å². The van der Waals surface area contributed by atoms with Crippen LogP contribution in [0.4, 0.5) is 0 Å². The molecule has 1 fully saturated rings. The Morgan fingerprint density at radius 3 is 2.77 bits per heavy atom. The zero-order chi connectivity index (χ0) is 15.9. The Bertz CT molecular complexity index is 502. The number of nitrogens with zero attached hydrogens (tertiary/aromatic N) is 1. The Kier molecular flexibility index (Phi) is 5.95. The van der Waals surface area contributed by atoms with Gasteiger partial charge < -0.3 is 16.0 Å². The first-order chi connectivity index (χ1) is 10.6. The summed E-state index contributed by atoms with van der Waals surface area (Å²) in [5.74, 6) is 0.213. The molecule has 1 saturated heterocycles. The summed E-state index contributed by atoms with van der Waals surface area (Å²) in [5, 5.41) is 2.71. The number of hydrogen-bond acceptors (Lipinski definition) is 3. The first-order valence-electron chi connectivity index (χ1n) is 7.90. The van der Waals surface area contributed by atoms with Crippen LogP contribution in [0.25, 0.3) is 0 Å². The average Bonchev–Trinajstić information content (AvgIpc) is 2.53. The number of amides is 2. The Morgan fingerprint density at radius 1 is 1.36 bits per heavy atom. The molecule has 1 aromatic carbocycles. The number of likely N-dealkylation sites (tertiary alicyclic amines) is 1. The number of rotatable bonds is 5. The summed E-state index contributed by atoms with van der Waals surface area (Å²) >= 11 is 0. The van der Waals surface area contributed by atoms with Crippen LogP contribution in [0.1, 0.15) is 25.3 Å². The first kappa shape index (κ1) is 16.5. The van der Waals surface area contributed by atoms with Gasteiger partial charge in [0.2, 0.25) is 11.8 Å². The van der Waals surface area contributed by atoms with E-state index in [2.05, 4.69) is 5.32 Å². The van der Waals surface area contributed by atoms with E-state index in [4.69, 9.17) is 5.73 Å². The maximum atomic E-state index is 12.2. The molecule has 1 aromatic rings. The SMILES string of the molecule is CC(N)C1CCCN(C(=O)CNC(=O)Cc2ccccc2)C1. The number of nitrogens with two attached hydrogens (primary N) is 1. The second-order valence-corrected chi connectivity index (χ2v) is 6.04. The normalized spacial score (nSPS) is 19.5. The fourth-order valence-electron chi connectivity index (χ4n) is 2.80. The minimum absolute atomic E-state index is 0.0215. The fourth-order valence-corrected chi connectivity index (χ4v) is 2.80. The van der Waals surface area contributed by atoms with Gasteiger partial charge >= 0.3 is 0 Å². The Balaban J connectivity index is 1.76. The average molecular weight is 303 g/mol. The van der Waals surface area contributed by atoms with Crippen molar-refractivity contribution < 1.29 is 9.59 Å². The molecule has 1 aliphatic rings. The van der Waals surface area contributed by atoms with Crippen LogP contribution in [0, 0.1) is 5.92 Å². The van der Waals surface area contributed by atoms with E-state index in [0.29, 0.717) is 18.9 Å². The molecule has 5 nitrogen and oxygen atoms in total. The van der Waals surface area contributed by atoms with Gasteiger partial charge in [-0.05, 0) is 31.2 Å². The van der Waals surface area contributed by atoms with Gasteiger partial charge in [-0.2, -0.15) is 0 Å². The molecule has 2 rings (SSSR count). The molecule has 120 valence electrons. The minimum atomic E-state index is -0.125. The minimum Gasteiger partial charge on any atom is -0.347 e. The van der Waals surface area contributed by atoms with Gasteiger partial charge in [0.15, 0.2) is 0 Å². The lowest BCUT2D eigenvalue weighted by Gasteiger charge is -2.34. The Hall–Kier alpha value is -1.88. The van der Waals surface area contributed by atoms with Crippen molar-refractivity contribution in [2.75, 3.05) is 19.6 Å². The van der Waals surface area contributed by atoms with Crippen LogP contribution >= 0.6 is 0 Å². The van der Waals surface area contributed by atoms with Gasteiger partial charge in [-0.3, -0.25) is 9.59 Å². The molecular formula is C17H25N3O2. The third-order valence-corrected chi connectivity index (χ3v) is 4.20. The second-order valence-electron chi connectivity index (χ2n) is 6.04. The van der Waals surface area contributed by atoms with E-state index in [1.165, 1.54) is 0 Å². The monoisotopic (exact) mass is 303 g/mol. The fraction of sp³-hybridized carbons (Fsp3) is 0.529. The number of benzene rings is 1. The molecule has 0 bridgehead atoms. The molecule has 0 radical (unpaired) electrons. The van der Waals surface area contributed by atoms with Crippen molar-refractivity contribution in [2.45, 2.75) is 32.2 Å². The highest BCUT2D eigenvalue weighted by Gasteiger charge is 2.25. The zero-order valence-corrected chi connectivity index (χ0v) is 13.1. The van der Waals surface area contributed by atoms with E-state index in [9.17, 15) is 9.59 Å². The predicted octanol–water partition coefficient (Wildman–Crippen LogP) is 0.931. The van der Waals surface area contributed by atoms with Gasteiger partial charge in [-0.1, -0.05) is 30.3 Å². The second kappa shape index (κ2) is 7.94. The number of hydrogen-bond donors (Lipinski definition) is 2. The standard InChI is InChI=1S/C17H25N3O2/c1-13(18)15-8-5-9-20(12-15)17(22)11-19-16(21)10-14-6-3-2-4-7-14/h2-4,6-7,13,15H,5,8-12,18H2,1H3,(H,19,21). The molecule has 2 unspecified atom stereocenters. The summed E-state index contributed by atoms with van der Waals surface area (Å²) in [6.07, 6.45) is 2.36. The molecule has 0 saturated carbocycles. The van der Waals surface area contributed by atoms with Crippen molar-refractivity contribution in [1.29, 1.82) is 0 Å². The maximum Gasteiger partial charge on any atom is 0.241 e. The Labute approximate surface area is 131 Å². The van der Waals surface area contributed by atoms with E-state index < -0.39 is 0 Å². The van der Waals surface area contributed by atoms with Crippen LogP contribution in [0.2, 0.25) is 0 Å². The molecule has 1 aliphatic heterocycles. The van der Waals surface area contributed by atoms with Crippen LogP contribution in [-0.2, 0) is 16.0 Å². The van der Waals surface area contributed by atoms with E-state index in [1.807, 2.05) is 42.2 Å². The van der Waals surface area contributed by atoms with Gasteiger partial charge in [-0.25, -0.2) is 0 Å². The van der Waals surface area contributed by atoms with Gasteiger partial charge in [-0.15, -0.1) is 0 Å². The van der Waals surface area contributed by atoms with Crippen LogP contribution < -0.4 is 11.1 Å². The number of nitrogens with one attached hydrogen (secondary N) is 1. The molecule has 5 heteroatoms. The van der Waals surface area contributed by atoms with E-state index in [0.717, 1.165) is 24.9 Å². The third-order valence-electron chi connectivity index (χ3n) is 4.20. The predicted molar refractivity (Wildman–Crippen MR) is 86.1 cm³/mol. The van der Waals surface area contributed by atoms with Gasteiger partial charge in [0.1, 0.15) is 0 Å². The highest BCUT2D eigenvalue weighted by Crippen LogP contribution is 2.18. The quantitative estimate of drug-likeness (QED) is 0.850. The van der Waals surface area contributed by atoms with Crippen LogP contribution in [-0.4, -0.2) is 42.4 Å². The zero-order valence-electron chi connectivity index (χ0n) is 13.1. The van der Waals surface area contributed by atoms with Gasteiger partial charge in [0, 0.05) is 19.1 Å². The smallest absolute Gasteiger partial charge is 0.241 e. The molecule has 0 aliphatic carbocycles. The van der Waals surface area contributed by atoms with Crippen LogP contribution in [0.3, 0.4) is 0 Å². The molecule has 0 spiro atoms. The van der Waals surface area contributed by atoms with Crippen molar-refractivity contribution in [3.05, 3.63) is 35.9 Å². The van der Waals surface area contributed by atoms with Crippen molar-refractivity contribution in [3.8, 4) is 0 Å². The molecule has 1 heterocycles. The lowest BCUT2D eigenvalue weighted by atomic mass is 9.92. The van der Waals surface area contributed by atoms with Crippen molar-refractivity contribution in [3.63, 3.8) is 0 Å². The van der Waals surface area contributed by atoms with Crippen LogP contribution in [0.15, 0.2) is 30.3 Å². The number of carbonyl (C=O) groups excluding carboxylic acids is 2. The molecule has 22 heavy (non-hydrogen) atoms. The van der Waals surface area contributed by atoms with Gasteiger partial charge in [0.05, 0.1) is 13.0 Å². The molecule has 0 aromatic heterocycles. The van der Waals surface area contributed by atoms with Crippen molar-refractivity contribution in [2.24, 2.45) is 11.7 Å². The maximum absolute atomic E-state index is 12.2. The molecule has 2 atom stereocenters. The first-order valence-corrected chi connectivity index (χ1v) is 7.90. The summed E-state index contributed by atoms with van der Waals surface area (Å²) in [6, 6.07) is 9.61. The summed E-state index contributed by atoms with van der Waals surface area (Å²) < 4.78 is 0. The number of carbonyl (C=O) groups is 2. The lowest BCUT2D eigenvalue weighted by molar-refractivity contribution is -0.134. The molecule has 2 amide bonds.